The van der Waals surface area contributed by atoms with Gasteiger partial charge in [0.05, 0.1) is 0 Å². The van der Waals surface area contributed by atoms with Crippen molar-refractivity contribution in [1.29, 1.82) is 0 Å². The van der Waals surface area contributed by atoms with Crippen LogP contribution in [0.4, 0.5) is 0 Å². The van der Waals surface area contributed by atoms with Gasteiger partial charge in [-0.15, -0.1) is 0 Å². The largest absolute Gasteiger partial charge is 0.0622 e. The van der Waals surface area contributed by atoms with E-state index in [1.165, 1.54) is 12.0 Å². The molecule has 0 spiro atoms. The molecule has 1 aromatic rings. The van der Waals surface area contributed by atoms with E-state index in [4.69, 9.17) is 0 Å². The molecule has 2 atom stereocenters. The number of rotatable bonds is 1. The highest BCUT2D eigenvalue weighted by atomic mass is 14.5. The molecule has 0 radical (unpaired) electrons. The summed E-state index contributed by atoms with van der Waals surface area (Å²) in [6.45, 7) is 4.68. The molecule has 2 rings (SSSR count). The van der Waals surface area contributed by atoms with Crippen LogP contribution in [0.5, 0.6) is 0 Å². The SMILES string of the molecule is CC1C[C@@]1(C)c1ccccc1. The van der Waals surface area contributed by atoms with Crippen molar-refractivity contribution in [2.45, 2.75) is 25.7 Å². The molecule has 0 nitrogen and oxygen atoms in total. The standard InChI is InChI=1S/C11H14/c1-9-8-11(9,2)10-6-4-3-5-7-10/h3-7,9H,8H2,1-2H3/t9?,11-/m1/s1. The lowest BCUT2D eigenvalue weighted by Crippen LogP contribution is -2.01. The molecule has 1 unspecified atom stereocenters. The molecular formula is C11H14. The Hall–Kier alpha value is -0.780. The van der Waals surface area contributed by atoms with Gasteiger partial charge < -0.3 is 0 Å². The van der Waals surface area contributed by atoms with Crippen LogP contribution in [0, 0.1) is 5.92 Å². The first-order valence-electron chi connectivity index (χ1n) is 4.29. The van der Waals surface area contributed by atoms with Crippen molar-refractivity contribution in [3.05, 3.63) is 35.9 Å². The van der Waals surface area contributed by atoms with Gasteiger partial charge in [0.25, 0.3) is 0 Å². The normalized spacial score (nSPS) is 35.3. The molecule has 0 bridgehead atoms. The van der Waals surface area contributed by atoms with Crippen molar-refractivity contribution in [2.24, 2.45) is 5.92 Å². The minimum absolute atomic E-state index is 0.501. The van der Waals surface area contributed by atoms with Gasteiger partial charge in [-0.1, -0.05) is 44.2 Å². The lowest BCUT2D eigenvalue weighted by molar-refractivity contribution is 0.702. The van der Waals surface area contributed by atoms with Crippen LogP contribution in [-0.2, 0) is 5.41 Å². The van der Waals surface area contributed by atoms with E-state index in [2.05, 4.69) is 44.2 Å². The van der Waals surface area contributed by atoms with Gasteiger partial charge in [-0.25, -0.2) is 0 Å². The summed E-state index contributed by atoms with van der Waals surface area (Å²) < 4.78 is 0. The Bertz CT molecular complexity index is 250. The molecule has 58 valence electrons. The Labute approximate surface area is 68.3 Å². The number of hydrogen-bond donors (Lipinski definition) is 0. The van der Waals surface area contributed by atoms with Crippen molar-refractivity contribution in [1.82, 2.24) is 0 Å². The highest BCUT2D eigenvalue weighted by Crippen LogP contribution is 2.53. The van der Waals surface area contributed by atoms with Crippen molar-refractivity contribution < 1.29 is 0 Å². The molecule has 0 heterocycles. The first-order chi connectivity index (χ1) is 5.23. The Kier molecular flexibility index (Phi) is 1.32. The van der Waals surface area contributed by atoms with E-state index in [9.17, 15) is 0 Å². The number of hydrogen-bond acceptors (Lipinski definition) is 0. The van der Waals surface area contributed by atoms with E-state index in [1.807, 2.05) is 0 Å². The summed E-state index contributed by atoms with van der Waals surface area (Å²) in [5, 5.41) is 0. The third-order valence-electron chi connectivity index (χ3n) is 3.09. The zero-order chi connectivity index (χ0) is 7.90. The number of benzene rings is 1. The Morgan fingerprint density at radius 3 is 2.27 bits per heavy atom. The lowest BCUT2D eigenvalue weighted by atomic mass is 9.96. The maximum atomic E-state index is 2.35. The predicted octanol–water partition coefficient (Wildman–Crippen LogP) is 2.98. The second kappa shape index (κ2) is 2.10. The zero-order valence-corrected chi connectivity index (χ0v) is 7.17. The molecule has 0 aliphatic heterocycles. The van der Waals surface area contributed by atoms with Crippen LogP contribution in [0.15, 0.2) is 30.3 Å². The van der Waals surface area contributed by atoms with Crippen LogP contribution < -0.4 is 0 Å². The van der Waals surface area contributed by atoms with Gasteiger partial charge in [0, 0.05) is 0 Å². The minimum Gasteiger partial charge on any atom is -0.0622 e. The van der Waals surface area contributed by atoms with E-state index >= 15 is 0 Å². The summed E-state index contributed by atoms with van der Waals surface area (Å²) in [5.74, 6) is 0.880. The summed E-state index contributed by atoms with van der Waals surface area (Å²) in [7, 11) is 0. The molecule has 0 saturated heterocycles. The molecule has 1 aromatic carbocycles. The van der Waals surface area contributed by atoms with E-state index in [0.29, 0.717) is 5.41 Å². The fraction of sp³-hybridized carbons (Fsp3) is 0.455. The maximum absolute atomic E-state index is 2.35. The van der Waals surface area contributed by atoms with Crippen LogP contribution in [0.2, 0.25) is 0 Å². The summed E-state index contributed by atoms with van der Waals surface area (Å²) in [6.07, 6.45) is 1.36. The Morgan fingerprint density at radius 1 is 1.27 bits per heavy atom. The van der Waals surface area contributed by atoms with Gasteiger partial charge in [-0.2, -0.15) is 0 Å². The predicted molar refractivity (Wildman–Crippen MR) is 47.6 cm³/mol. The van der Waals surface area contributed by atoms with E-state index in [0.717, 1.165) is 5.92 Å². The molecule has 0 heteroatoms. The summed E-state index contributed by atoms with van der Waals surface area (Å²) >= 11 is 0. The lowest BCUT2D eigenvalue weighted by Gasteiger charge is -2.08. The Morgan fingerprint density at radius 2 is 1.82 bits per heavy atom. The summed E-state index contributed by atoms with van der Waals surface area (Å²) in [4.78, 5) is 0. The van der Waals surface area contributed by atoms with Gasteiger partial charge in [-0.3, -0.25) is 0 Å². The van der Waals surface area contributed by atoms with Crippen molar-refractivity contribution in [3.8, 4) is 0 Å². The van der Waals surface area contributed by atoms with Crippen LogP contribution in [0.1, 0.15) is 25.8 Å². The molecule has 11 heavy (non-hydrogen) atoms. The third kappa shape index (κ3) is 0.973. The van der Waals surface area contributed by atoms with Gasteiger partial charge in [-0.05, 0) is 23.3 Å². The van der Waals surface area contributed by atoms with E-state index in [1.54, 1.807) is 0 Å². The highest BCUT2D eigenvalue weighted by Gasteiger charge is 2.47. The fourth-order valence-electron chi connectivity index (χ4n) is 1.80. The average Bonchev–Trinajstić information content (AvgIpc) is 2.64. The molecule has 1 aliphatic carbocycles. The maximum Gasteiger partial charge on any atom is -0.00465 e. The van der Waals surface area contributed by atoms with Crippen molar-refractivity contribution in [3.63, 3.8) is 0 Å². The zero-order valence-electron chi connectivity index (χ0n) is 7.17. The third-order valence-corrected chi connectivity index (χ3v) is 3.09. The van der Waals surface area contributed by atoms with Crippen LogP contribution >= 0.6 is 0 Å². The monoisotopic (exact) mass is 146 g/mol. The molecule has 1 fully saturated rings. The first kappa shape index (κ1) is 6.90. The second-order valence-corrected chi connectivity index (χ2v) is 3.89. The first-order valence-corrected chi connectivity index (χ1v) is 4.29. The average molecular weight is 146 g/mol. The van der Waals surface area contributed by atoms with Gasteiger partial charge in [0.2, 0.25) is 0 Å². The smallest absolute Gasteiger partial charge is 0.00465 e. The van der Waals surface area contributed by atoms with Gasteiger partial charge in [0.15, 0.2) is 0 Å². The molecular weight excluding hydrogens is 132 g/mol. The second-order valence-electron chi connectivity index (χ2n) is 3.89. The van der Waals surface area contributed by atoms with Crippen LogP contribution in [0.3, 0.4) is 0 Å². The van der Waals surface area contributed by atoms with Gasteiger partial charge >= 0.3 is 0 Å². The molecule has 1 saturated carbocycles. The van der Waals surface area contributed by atoms with E-state index < -0.39 is 0 Å². The van der Waals surface area contributed by atoms with Crippen molar-refractivity contribution in [2.75, 3.05) is 0 Å². The molecule has 0 amide bonds. The van der Waals surface area contributed by atoms with Crippen molar-refractivity contribution >= 4 is 0 Å². The minimum atomic E-state index is 0.501. The highest BCUT2D eigenvalue weighted by molar-refractivity contribution is 5.31. The topological polar surface area (TPSA) is 0 Å². The molecule has 1 aliphatic rings. The quantitative estimate of drug-likeness (QED) is 0.571. The van der Waals surface area contributed by atoms with E-state index in [-0.39, 0.29) is 0 Å². The fourth-order valence-corrected chi connectivity index (χ4v) is 1.80. The van der Waals surface area contributed by atoms with Crippen LogP contribution in [-0.4, -0.2) is 0 Å². The summed E-state index contributed by atoms with van der Waals surface area (Å²) in [6, 6.07) is 10.8. The molecule has 0 aromatic heterocycles. The van der Waals surface area contributed by atoms with Gasteiger partial charge in [0.1, 0.15) is 0 Å². The molecule has 0 N–H and O–H groups in total. The Balaban J connectivity index is 2.32. The van der Waals surface area contributed by atoms with Crippen LogP contribution in [0.25, 0.3) is 0 Å². The summed E-state index contributed by atoms with van der Waals surface area (Å²) in [5.41, 5.74) is 2.01.